The molecule has 0 fully saturated rings. The number of rotatable bonds is 5. The molecule has 0 aliphatic carbocycles. The SMILES string of the molecule is Cc1cc(NS(=O)(=O)CCCN)ncc1Br. The molecule has 0 unspecified atom stereocenters. The molecule has 0 saturated carbocycles. The Labute approximate surface area is 104 Å². The van der Waals surface area contributed by atoms with Crippen molar-refractivity contribution in [2.24, 2.45) is 5.73 Å². The highest BCUT2D eigenvalue weighted by molar-refractivity contribution is 9.10. The van der Waals surface area contributed by atoms with E-state index < -0.39 is 10.0 Å². The van der Waals surface area contributed by atoms with Gasteiger partial charge in [0.1, 0.15) is 5.82 Å². The second-order valence-electron chi connectivity index (χ2n) is 3.38. The van der Waals surface area contributed by atoms with Crippen molar-refractivity contribution >= 4 is 31.8 Å². The average molecular weight is 308 g/mol. The van der Waals surface area contributed by atoms with Gasteiger partial charge in [-0.15, -0.1) is 0 Å². The van der Waals surface area contributed by atoms with E-state index in [0.717, 1.165) is 10.0 Å². The number of halogens is 1. The lowest BCUT2D eigenvalue weighted by Crippen LogP contribution is -2.19. The van der Waals surface area contributed by atoms with Crippen LogP contribution in [0.4, 0.5) is 5.82 Å². The molecule has 3 N–H and O–H groups in total. The summed E-state index contributed by atoms with van der Waals surface area (Å²) in [5.41, 5.74) is 6.18. The highest BCUT2D eigenvalue weighted by Crippen LogP contribution is 2.17. The van der Waals surface area contributed by atoms with Crippen molar-refractivity contribution in [3.05, 3.63) is 22.3 Å². The van der Waals surface area contributed by atoms with Crippen molar-refractivity contribution in [2.45, 2.75) is 13.3 Å². The minimum Gasteiger partial charge on any atom is -0.330 e. The Kier molecular flexibility index (Phi) is 4.69. The van der Waals surface area contributed by atoms with Crippen molar-refractivity contribution < 1.29 is 8.42 Å². The van der Waals surface area contributed by atoms with Gasteiger partial charge < -0.3 is 5.73 Å². The van der Waals surface area contributed by atoms with Crippen LogP contribution in [0.3, 0.4) is 0 Å². The maximum atomic E-state index is 11.5. The minimum atomic E-state index is -3.33. The van der Waals surface area contributed by atoms with Crippen molar-refractivity contribution in [1.82, 2.24) is 4.98 Å². The lowest BCUT2D eigenvalue weighted by Gasteiger charge is -2.07. The highest BCUT2D eigenvalue weighted by Gasteiger charge is 2.10. The second kappa shape index (κ2) is 5.60. The Morgan fingerprint density at radius 3 is 2.81 bits per heavy atom. The fourth-order valence-corrected chi connectivity index (χ4v) is 2.37. The number of sulfonamides is 1. The largest absolute Gasteiger partial charge is 0.330 e. The number of aryl methyl sites for hydroxylation is 1. The van der Waals surface area contributed by atoms with E-state index in [9.17, 15) is 8.42 Å². The molecule has 7 heteroatoms. The van der Waals surface area contributed by atoms with Crippen LogP contribution in [0.5, 0.6) is 0 Å². The first-order valence-electron chi connectivity index (χ1n) is 4.77. The van der Waals surface area contributed by atoms with Crippen LogP contribution in [-0.2, 0) is 10.0 Å². The third-order valence-electron chi connectivity index (χ3n) is 1.92. The Bertz CT molecular complexity index is 462. The molecule has 90 valence electrons. The summed E-state index contributed by atoms with van der Waals surface area (Å²) in [6.07, 6.45) is 2.00. The maximum Gasteiger partial charge on any atom is 0.233 e. The van der Waals surface area contributed by atoms with Crippen molar-refractivity contribution in [1.29, 1.82) is 0 Å². The van der Waals surface area contributed by atoms with E-state index in [1.165, 1.54) is 0 Å². The first kappa shape index (κ1) is 13.4. The summed E-state index contributed by atoms with van der Waals surface area (Å²) in [7, 11) is -3.33. The summed E-state index contributed by atoms with van der Waals surface area (Å²) in [6.45, 7) is 2.22. The molecule has 1 aromatic heterocycles. The van der Waals surface area contributed by atoms with E-state index in [0.29, 0.717) is 18.8 Å². The molecule has 0 spiro atoms. The van der Waals surface area contributed by atoms with Crippen LogP contribution in [0, 0.1) is 6.92 Å². The molecule has 5 nitrogen and oxygen atoms in total. The molecular formula is C9H14BrN3O2S. The maximum absolute atomic E-state index is 11.5. The van der Waals surface area contributed by atoms with Gasteiger partial charge in [0.2, 0.25) is 10.0 Å². The van der Waals surface area contributed by atoms with Crippen LogP contribution >= 0.6 is 15.9 Å². The fourth-order valence-electron chi connectivity index (χ4n) is 1.08. The Hall–Kier alpha value is -0.660. The van der Waals surface area contributed by atoms with Gasteiger partial charge >= 0.3 is 0 Å². The predicted molar refractivity (Wildman–Crippen MR) is 67.8 cm³/mol. The average Bonchev–Trinajstić information content (AvgIpc) is 2.20. The third kappa shape index (κ3) is 4.07. The Balaban J connectivity index is 2.76. The first-order valence-corrected chi connectivity index (χ1v) is 7.22. The molecule has 0 amide bonds. The number of hydrogen-bond donors (Lipinski definition) is 2. The van der Waals surface area contributed by atoms with Gasteiger partial charge in [0.15, 0.2) is 0 Å². The summed E-state index contributed by atoms with van der Waals surface area (Å²) in [5.74, 6) is 0.345. The number of anilines is 1. The van der Waals surface area contributed by atoms with Gasteiger partial charge in [-0.05, 0) is 47.4 Å². The van der Waals surface area contributed by atoms with Crippen LogP contribution in [-0.4, -0.2) is 25.7 Å². The van der Waals surface area contributed by atoms with Crippen LogP contribution in [0.2, 0.25) is 0 Å². The fraction of sp³-hybridized carbons (Fsp3) is 0.444. The van der Waals surface area contributed by atoms with E-state index in [4.69, 9.17) is 5.73 Å². The third-order valence-corrected chi connectivity index (χ3v) is 4.10. The summed E-state index contributed by atoms with van der Waals surface area (Å²) < 4.78 is 26.3. The van der Waals surface area contributed by atoms with E-state index in [1.807, 2.05) is 6.92 Å². The number of hydrogen-bond acceptors (Lipinski definition) is 4. The summed E-state index contributed by atoms with van der Waals surface area (Å²) >= 11 is 3.29. The van der Waals surface area contributed by atoms with Crippen LogP contribution in [0.1, 0.15) is 12.0 Å². The molecule has 16 heavy (non-hydrogen) atoms. The lowest BCUT2D eigenvalue weighted by molar-refractivity contribution is 0.598. The molecule has 0 aliphatic heterocycles. The minimum absolute atomic E-state index is 0.0142. The molecule has 0 saturated heterocycles. The Morgan fingerprint density at radius 1 is 1.56 bits per heavy atom. The molecule has 0 atom stereocenters. The van der Waals surface area contributed by atoms with Crippen molar-refractivity contribution in [3.63, 3.8) is 0 Å². The first-order chi connectivity index (χ1) is 7.44. The molecule has 0 bridgehead atoms. The van der Waals surface area contributed by atoms with Gasteiger partial charge in [0.05, 0.1) is 5.75 Å². The van der Waals surface area contributed by atoms with Crippen LogP contribution in [0.25, 0.3) is 0 Å². The zero-order valence-electron chi connectivity index (χ0n) is 8.90. The van der Waals surface area contributed by atoms with Crippen molar-refractivity contribution in [3.8, 4) is 0 Å². The van der Waals surface area contributed by atoms with E-state index in [1.54, 1.807) is 12.3 Å². The normalized spacial score (nSPS) is 11.4. The highest BCUT2D eigenvalue weighted by atomic mass is 79.9. The molecule has 0 aromatic carbocycles. The lowest BCUT2D eigenvalue weighted by atomic mass is 10.3. The van der Waals surface area contributed by atoms with Crippen LogP contribution in [0.15, 0.2) is 16.7 Å². The molecule has 1 aromatic rings. The van der Waals surface area contributed by atoms with E-state index in [-0.39, 0.29) is 5.75 Å². The number of aromatic nitrogens is 1. The molecule has 0 radical (unpaired) electrons. The number of pyridine rings is 1. The second-order valence-corrected chi connectivity index (χ2v) is 6.08. The van der Waals surface area contributed by atoms with Gasteiger partial charge in [-0.1, -0.05) is 0 Å². The van der Waals surface area contributed by atoms with Gasteiger partial charge in [-0.3, -0.25) is 4.72 Å². The van der Waals surface area contributed by atoms with E-state index in [2.05, 4.69) is 25.6 Å². The zero-order chi connectivity index (χ0) is 12.2. The molecular weight excluding hydrogens is 294 g/mol. The van der Waals surface area contributed by atoms with Crippen LogP contribution < -0.4 is 10.5 Å². The number of nitrogens with one attached hydrogen (secondary N) is 1. The van der Waals surface area contributed by atoms with Gasteiger partial charge in [-0.25, -0.2) is 13.4 Å². The monoisotopic (exact) mass is 307 g/mol. The number of nitrogens with zero attached hydrogens (tertiary/aromatic N) is 1. The van der Waals surface area contributed by atoms with Gasteiger partial charge in [-0.2, -0.15) is 0 Å². The number of nitrogens with two attached hydrogens (primary N) is 1. The molecule has 1 rings (SSSR count). The Morgan fingerprint density at radius 2 is 2.25 bits per heavy atom. The zero-order valence-corrected chi connectivity index (χ0v) is 11.3. The van der Waals surface area contributed by atoms with Gasteiger partial charge in [0, 0.05) is 10.7 Å². The van der Waals surface area contributed by atoms with E-state index >= 15 is 0 Å². The summed E-state index contributed by atoms with van der Waals surface area (Å²) in [4.78, 5) is 3.96. The standard InChI is InChI=1S/C9H14BrN3O2S/c1-7-5-9(12-6-8(7)10)13-16(14,15)4-2-3-11/h5-6H,2-4,11H2,1H3,(H,12,13). The predicted octanol–water partition coefficient (Wildman–Crippen LogP) is 1.24. The smallest absolute Gasteiger partial charge is 0.233 e. The van der Waals surface area contributed by atoms with Gasteiger partial charge in [0.25, 0.3) is 0 Å². The molecule has 1 heterocycles. The van der Waals surface area contributed by atoms with Crippen molar-refractivity contribution in [2.75, 3.05) is 17.0 Å². The quantitative estimate of drug-likeness (QED) is 0.857. The topological polar surface area (TPSA) is 85.1 Å². The summed E-state index contributed by atoms with van der Waals surface area (Å²) in [6, 6.07) is 1.67. The summed E-state index contributed by atoms with van der Waals surface area (Å²) in [5, 5.41) is 0. The molecule has 0 aliphatic rings.